The van der Waals surface area contributed by atoms with E-state index < -0.39 is 5.97 Å². The van der Waals surface area contributed by atoms with Crippen molar-refractivity contribution >= 4 is 29.3 Å². The molecule has 5 heteroatoms. The van der Waals surface area contributed by atoms with Crippen LogP contribution in [-0.4, -0.2) is 34.5 Å². The standard InChI is InChI=1S/C15H19NO3S/c17-14(8-7-13-5-3-11-20-13)16-10-2-1-4-12(16)6-9-15(18)19/h3,5,7-8,11-12H,1-2,4,6,9-10H2,(H,18,19)/b8-7+. The van der Waals surface area contributed by atoms with Crippen LogP contribution in [0, 0.1) is 0 Å². The van der Waals surface area contributed by atoms with Crippen molar-refractivity contribution < 1.29 is 14.7 Å². The lowest BCUT2D eigenvalue weighted by atomic mass is 9.98. The van der Waals surface area contributed by atoms with E-state index >= 15 is 0 Å². The van der Waals surface area contributed by atoms with Gasteiger partial charge in [-0.05, 0) is 43.2 Å². The van der Waals surface area contributed by atoms with Crippen molar-refractivity contribution in [3.8, 4) is 0 Å². The quantitative estimate of drug-likeness (QED) is 0.849. The van der Waals surface area contributed by atoms with Crippen LogP contribution in [-0.2, 0) is 9.59 Å². The van der Waals surface area contributed by atoms with E-state index in [-0.39, 0.29) is 18.4 Å². The Morgan fingerprint density at radius 3 is 3.00 bits per heavy atom. The van der Waals surface area contributed by atoms with Gasteiger partial charge in [-0.1, -0.05) is 6.07 Å². The van der Waals surface area contributed by atoms with E-state index in [4.69, 9.17) is 5.11 Å². The van der Waals surface area contributed by atoms with Crippen LogP contribution in [0.25, 0.3) is 6.08 Å². The van der Waals surface area contributed by atoms with Crippen molar-refractivity contribution in [3.63, 3.8) is 0 Å². The number of piperidine rings is 1. The Morgan fingerprint density at radius 1 is 1.45 bits per heavy atom. The highest BCUT2D eigenvalue weighted by atomic mass is 32.1. The largest absolute Gasteiger partial charge is 0.481 e. The predicted octanol–water partition coefficient (Wildman–Crippen LogP) is 3.01. The Balaban J connectivity index is 1.96. The maximum Gasteiger partial charge on any atom is 0.303 e. The minimum Gasteiger partial charge on any atom is -0.481 e. The first kappa shape index (κ1) is 14.8. The fourth-order valence-corrected chi connectivity index (χ4v) is 3.13. The number of carbonyl (C=O) groups excluding carboxylic acids is 1. The van der Waals surface area contributed by atoms with Crippen LogP contribution in [0.4, 0.5) is 0 Å². The fraction of sp³-hybridized carbons (Fsp3) is 0.467. The third-order valence-electron chi connectivity index (χ3n) is 3.54. The molecule has 20 heavy (non-hydrogen) atoms. The second-order valence-corrected chi connectivity index (χ2v) is 5.94. The SMILES string of the molecule is O=C(O)CCC1CCCCN1C(=O)/C=C/c1cccs1. The van der Waals surface area contributed by atoms with Gasteiger partial charge in [0.15, 0.2) is 0 Å². The van der Waals surface area contributed by atoms with Gasteiger partial charge >= 0.3 is 5.97 Å². The molecule has 2 rings (SSSR count). The monoisotopic (exact) mass is 293 g/mol. The number of carbonyl (C=O) groups is 2. The smallest absolute Gasteiger partial charge is 0.303 e. The zero-order chi connectivity index (χ0) is 14.4. The van der Waals surface area contributed by atoms with E-state index in [2.05, 4.69) is 0 Å². The number of rotatable bonds is 5. The van der Waals surface area contributed by atoms with Crippen LogP contribution >= 0.6 is 11.3 Å². The van der Waals surface area contributed by atoms with Crippen LogP contribution in [0.5, 0.6) is 0 Å². The highest BCUT2D eigenvalue weighted by Crippen LogP contribution is 2.21. The number of hydrogen-bond acceptors (Lipinski definition) is 3. The lowest BCUT2D eigenvalue weighted by Gasteiger charge is -2.35. The first-order valence-corrected chi connectivity index (χ1v) is 7.79. The van der Waals surface area contributed by atoms with Gasteiger partial charge in [0, 0.05) is 30.0 Å². The first-order valence-electron chi connectivity index (χ1n) is 6.91. The van der Waals surface area contributed by atoms with E-state index in [0.717, 1.165) is 30.7 Å². The average molecular weight is 293 g/mol. The maximum atomic E-state index is 12.2. The Hall–Kier alpha value is -1.62. The Morgan fingerprint density at radius 2 is 2.30 bits per heavy atom. The molecule has 0 saturated carbocycles. The lowest BCUT2D eigenvalue weighted by molar-refractivity contribution is -0.138. The predicted molar refractivity (Wildman–Crippen MR) is 79.6 cm³/mol. The number of amides is 1. The van der Waals surface area contributed by atoms with E-state index in [9.17, 15) is 9.59 Å². The average Bonchev–Trinajstić information content (AvgIpc) is 2.96. The molecule has 1 amide bonds. The Labute approximate surface area is 122 Å². The van der Waals surface area contributed by atoms with Crippen molar-refractivity contribution in [3.05, 3.63) is 28.5 Å². The lowest BCUT2D eigenvalue weighted by Crippen LogP contribution is -2.43. The van der Waals surface area contributed by atoms with Crippen molar-refractivity contribution in [1.82, 2.24) is 4.90 Å². The van der Waals surface area contributed by atoms with Crippen LogP contribution in [0.15, 0.2) is 23.6 Å². The Bertz CT molecular complexity index is 481. The molecule has 1 N–H and O–H groups in total. The zero-order valence-corrected chi connectivity index (χ0v) is 12.1. The molecule has 108 valence electrons. The molecule has 0 aromatic carbocycles. The third kappa shape index (κ3) is 4.20. The summed E-state index contributed by atoms with van der Waals surface area (Å²) in [6, 6.07) is 3.98. The molecule has 0 aliphatic carbocycles. The summed E-state index contributed by atoms with van der Waals surface area (Å²) < 4.78 is 0. The molecule has 1 aromatic heterocycles. The van der Waals surface area contributed by atoms with Crippen molar-refractivity contribution in [1.29, 1.82) is 0 Å². The number of nitrogens with zero attached hydrogens (tertiary/aromatic N) is 1. The molecule has 1 aromatic rings. The normalized spacial score (nSPS) is 19.4. The van der Waals surface area contributed by atoms with E-state index in [1.54, 1.807) is 17.4 Å². The number of carboxylic acids is 1. The molecule has 4 nitrogen and oxygen atoms in total. The summed E-state index contributed by atoms with van der Waals surface area (Å²) in [5.74, 6) is -0.800. The van der Waals surface area contributed by atoms with Crippen LogP contribution in [0.1, 0.15) is 37.0 Å². The molecular formula is C15H19NO3S. The second kappa shape index (κ2) is 7.24. The van der Waals surface area contributed by atoms with Crippen LogP contribution < -0.4 is 0 Å². The summed E-state index contributed by atoms with van der Waals surface area (Å²) in [4.78, 5) is 25.8. The van der Waals surface area contributed by atoms with Crippen molar-refractivity contribution in [2.24, 2.45) is 0 Å². The minimum atomic E-state index is -0.794. The van der Waals surface area contributed by atoms with Crippen molar-refractivity contribution in [2.75, 3.05) is 6.54 Å². The zero-order valence-electron chi connectivity index (χ0n) is 11.3. The molecule has 1 saturated heterocycles. The molecule has 1 atom stereocenters. The molecule has 1 aliphatic heterocycles. The summed E-state index contributed by atoms with van der Waals surface area (Å²) in [7, 11) is 0. The molecule has 0 bridgehead atoms. The van der Waals surface area contributed by atoms with Gasteiger partial charge in [0.2, 0.25) is 5.91 Å². The summed E-state index contributed by atoms with van der Waals surface area (Å²) in [6.07, 6.45) is 7.09. The summed E-state index contributed by atoms with van der Waals surface area (Å²) in [6.45, 7) is 0.734. The van der Waals surface area contributed by atoms with Gasteiger partial charge in [-0.25, -0.2) is 0 Å². The highest BCUT2D eigenvalue weighted by molar-refractivity contribution is 7.10. The number of thiophene rings is 1. The van der Waals surface area contributed by atoms with Crippen LogP contribution in [0.3, 0.4) is 0 Å². The molecule has 0 radical (unpaired) electrons. The number of hydrogen-bond donors (Lipinski definition) is 1. The summed E-state index contributed by atoms with van der Waals surface area (Å²) >= 11 is 1.59. The Kier molecular flexibility index (Phi) is 5.35. The van der Waals surface area contributed by atoms with E-state index in [1.807, 2.05) is 28.5 Å². The second-order valence-electron chi connectivity index (χ2n) is 4.96. The topological polar surface area (TPSA) is 57.6 Å². The molecule has 2 heterocycles. The van der Waals surface area contributed by atoms with E-state index in [0.29, 0.717) is 6.42 Å². The molecule has 1 aliphatic rings. The van der Waals surface area contributed by atoms with Gasteiger partial charge in [-0.2, -0.15) is 0 Å². The number of likely N-dealkylation sites (tertiary alicyclic amines) is 1. The molecular weight excluding hydrogens is 274 g/mol. The molecule has 0 spiro atoms. The molecule has 1 fully saturated rings. The van der Waals surface area contributed by atoms with Gasteiger partial charge in [0.25, 0.3) is 0 Å². The summed E-state index contributed by atoms with van der Waals surface area (Å²) in [5.41, 5.74) is 0. The third-order valence-corrected chi connectivity index (χ3v) is 4.37. The number of carboxylic acid groups (broad SMARTS) is 1. The van der Waals surface area contributed by atoms with Gasteiger partial charge in [-0.3, -0.25) is 9.59 Å². The molecule has 1 unspecified atom stereocenters. The minimum absolute atomic E-state index is 0.00603. The van der Waals surface area contributed by atoms with Gasteiger partial charge in [0.05, 0.1) is 0 Å². The fourth-order valence-electron chi connectivity index (χ4n) is 2.52. The van der Waals surface area contributed by atoms with Crippen molar-refractivity contribution in [2.45, 2.75) is 38.1 Å². The van der Waals surface area contributed by atoms with Crippen LogP contribution in [0.2, 0.25) is 0 Å². The highest BCUT2D eigenvalue weighted by Gasteiger charge is 2.25. The van der Waals surface area contributed by atoms with Gasteiger partial charge < -0.3 is 10.0 Å². The van der Waals surface area contributed by atoms with Gasteiger partial charge in [0.1, 0.15) is 0 Å². The van der Waals surface area contributed by atoms with Gasteiger partial charge in [-0.15, -0.1) is 11.3 Å². The van der Waals surface area contributed by atoms with E-state index in [1.165, 1.54) is 0 Å². The summed E-state index contributed by atoms with van der Waals surface area (Å²) in [5, 5.41) is 10.8. The number of aliphatic carboxylic acids is 1. The maximum absolute atomic E-state index is 12.2. The first-order chi connectivity index (χ1) is 9.66.